The summed E-state index contributed by atoms with van der Waals surface area (Å²) in [4.78, 5) is 42.0. The van der Waals surface area contributed by atoms with E-state index in [0.717, 1.165) is 32.2 Å². The highest BCUT2D eigenvalue weighted by molar-refractivity contribution is 9.10. The fourth-order valence-corrected chi connectivity index (χ4v) is 11.6. The molecule has 1 spiro atoms. The van der Waals surface area contributed by atoms with Gasteiger partial charge in [0.05, 0.1) is 53.8 Å². The monoisotopic (exact) mass is 804 g/mol. The predicted molar refractivity (Wildman–Crippen MR) is 212 cm³/mol. The molecule has 4 aromatic carbocycles. The maximum atomic E-state index is 15.0. The number of nitrogens with zero attached hydrogens (tertiary/aromatic N) is 6. The molecular weight excluding hydrogens is 764 g/mol. The van der Waals surface area contributed by atoms with Crippen LogP contribution in [0.15, 0.2) is 119 Å². The Labute approximate surface area is 322 Å². The summed E-state index contributed by atoms with van der Waals surface area (Å²) in [5.41, 5.74) is 2.75. The molecule has 1 amide bonds. The fraction of sp³-hybridized carbons (Fsp3) is 0.293. The van der Waals surface area contributed by atoms with E-state index in [2.05, 4.69) is 31.3 Å². The molecular formula is C41H41BrN6O5Si. The lowest BCUT2D eigenvalue weighted by Gasteiger charge is -2.32. The van der Waals surface area contributed by atoms with Gasteiger partial charge in [0, 0.05) is 39.6 Å². The molecule has 11 nitrogen and oxygen atoms in total. The van der Waals surface area contributed by atoms with E-state index < -0.39 is 20.0 Å². The first kappa shape index (κ1) is 36.2. The lowest BCUT2D eigenvalue weighted by atomic mass is 9.82. The predicted octanol–water partition coefficient (Wildman–Crippen LogP) is 6.30. The maximum Gasteiger partial charge on any atom is 0.279 e. The Hall–Kier alpha value is -4.79. The van der Waals surface area contributed by atoms with Crippen LogP contribution in [0.3, 0.4) is 0 Å². The van der Waals surface area contributed by atoms with E-state index in [1.807, 2.05) is 117 Å². The molecule has 2 N–H and O–H groups in total. The second kappa shape index (κ2) is 14.1. The second-order valence-electron chi connectivity index (χ2n) is 14.9. The molecule has 0 saturated carbocycles. The summed E-state index contributed by atoms with van der Waals surface area (Å²) in [6.07, 6.45) is 3.59. The number of carbonyl (C=O) groups excluding carboxylic acids is 1. The molecule has 2 aromatic heterocycles. The number of benzene rings is 4. The highest BCUT2D eigenvalue weighted by Crippen LogP contribution is 2.60. The molecule has 8 rings (SSSR count). The van der Waals surface area contributed by atoms with Gasteiger partial charge in [-0.1, -0.05) is 88.7 Å². The van der Waals surface area contributed by atoms with E-state index in [1.54, 1.807) is 21.8 Å². The van der Waals surface area contributed by atoms with Crippen molar-refractivity contribution >= 4 is 46.6 Å². The summed E-state index contributed by atoms with van der Waals surface area (Å²) in [7, 11) is -2.90. The van der Waals surface area contributed by atoms with Crippen LogP contribution in [0.25, 0.3) is 16.5 Å². The van der Waals surface area contributed by atoms with Crippen molar-refractivity contribution in [1.82, 2.24) is 24.8 Å². The fourth-order valence-electron chi connectivity index (χ4n) is 8.62. The lowest BCUT2D eigenvalue weighted by molar-refractivity contribution is -0.146. The van der Waals surface area contributed by atoms with Gasteiger partial charge in [0.2, 0.25) is 0 Å². The summed E-state index contributed by atoms with van der Waals surface area (Å²) in [5, 5.41) is 24.7. The SMILES string of the molecule is C[C@H]1[C@H]([Si](C)(C)O)[C@@H](CCn2cc(C(CO)c3ccccc3)nn2)O[C@]12C(=O)N(Cc1cccc(-n3ncc4ccccc4c3=O)c1)c1ccc(Br)cc12. The topological polar surface area (TPSA) is 136 Å². The normalized spacial score (nSPS) is 21.6. The van der Waals surface area contributed by atoms with Crippen molar-refractivity contribution in [3.63, 3.8) is 0 Å². The summed E-state index contributed by atoms with van der Waals surface area (Å²) < 4.78 is 11.0. The van der Waals surface area contributed by atoms with E-state index in [0.29, 0.717) is 29.7 Å². The third kappa shape index (κ3) is 6.23. The Balaban J connectivity index is 1.09. The van der Waals surface area contributed by atoms with Crippen molar-refractivity contribution in [2.24, 2.45) is 5.92 Å². The Morgan fingerprint density at radius 3 is 2.54 bits per heavy atom. The molecule has 0 radical (unpaired) electrons. The number of amides is 1. The number of aromatic nitrogens is 5. The van der Waals surface area contributed by atoms with E-state index in [9.17, 15) is 14.7 Å². The minimum atomic E-state index is -2.90. The first-order valence-electron chi connectivity index (χ1n) is 18.1. The minimum Gasteiger partial charge on any atom is -0.432 e. The first-order chi connectivity index (χ1) is 26.0. The van der Waals surface area contributed by atoms with Gasteiger partial charge >= 0.3 is 0 Å². The van der Waals surface area contributed by atoms with Gasteiger partial charge < -0.3 is 19.5 Å². The molecule has 13 heteroatoms. The molecule has 2 aliphatic rings. The molecule has 1 unspecified atom stereocenters. The molecule has 54 heavy (non-hydrogen) atoms. The zero-order chi connectivity index (χ0) is 37.8. The molecule has 0 bridgehead atoms. The zero-order valence-electron chi connectivity index (χ0n) is 30.2. The van der Waals surface area contributed by atoms with Gasteiger partial charge in [-0.3, -0.25) is 14.3 Å². The Bertz CT molecular complexity index is 2420. The maximum absolute atomic E-state index is 15.0. The van der Waals surface area contributed by atoms with Gasteiger partial charge in [-0.25, -0.2) is 0 Å². The molecule has 2 aliphatic heterocycles. The van der Waals surface area contributed by atoms with Gasteiger partial charge in [-0.2, -0.15) is 9.78 Å². The average Bonchev–Trinajstić information content (AvgIpc) is 3.82. The van der Waals surface area contributed by atoms with Crippen molar-refractivity contribution in [1.29, 1.82) is 0 Å². The van der Waals surface area contributed by atoms with Crippen molar-refractivity contribution in [3.8, 4) is 5.69 Å². The first-order valence-corrected chi connectivity index (χ1v) is 22.0. The van der Waals surface area contributed by atoms with Crippen LogP contribution >= 0.6 is 15.9 Å². The summed E-state index contributed by atoms with van der Waals surface area (Å²) in [6, 6.07) is 30.4. The van der Waals surface area contributed by atoms with Crippen LogP contribution in [0.2, 0.25) is 18.6 Å². The van der Waals surface area contributed by atoms with Crippen LogP contribution in [0.1, 0.15) is 41.6 Å². The Morgan fingerprint density at radius 2 is 1.76 bits per heavy atom. The number of fused-ring (bicyclic) bond motifs is 3. The highest BCUT2D eigenvalue weighted by Gasteiger charge is 2.66. The second-order valence-corrected chi connectivity index (χ2v) is 19.8. The Morgan fingerprint density at radius 1 is 0.981 bits per heavy atom. The largest absolute Gasteiger partial charge is 0.432 e. The van der Waals surface area contributed by atoms with E-state index in [1.165, 1.54) is 4.68 Å². The van der Waals surface area contributed by atoms with Crippen LogP contribution in [0.5, 0.6) is 0 Å². The Kier molecular flexibility index (Phi) is 9.47. The molecule has 5 atom stereocenters. The smallest absolute Gasteiger partial charge is 0.279 e. The molecule has 1 saturated heterocycles. The van der Waals surface area contributed by atoms with Crippen LogP contribution in [-0.4, -0.2) is 61.6 Å². The molecule has 276 valence electrons. The lowest BCUT2D eigenvalue weighted by Crippen LogP contribution is -2.46. The highest BCUT2D eigenvalue weighted by atomic mass is 79.9. The van der Waals surface area contributed by atoms with Crippen molar-refractivity contribution < 1.29 is 19.4 Å². The number of aryl methyl sites for hydroxylation is 1. The summed E-state index contributed by atoms with van der Waals surface area (Å²) in [5.74, 6) is -0.823. The van der Waals surface area contributed by atoms with E-state index >= 15 is 4.79 Å². The summed E-state index contributed by atoms with van der Waals surface area (Å²) in [6.45, 7) is 6.45. The quantitative estimate of drug-likeness (QED) is 0.154. The number of carbonyl (C=O) groups is 1. The van der Waals surface area contributed by atoms with E-state index in [4.69, 9.17) is 4.74 Å². The van der Waals surface area contributed by atoms with Gasteiger partial charge in [0.25, 0.3) is 11.5 Å². The van der Waals surface area contributed by atoms with Crippen molar-refractivity contribution in [2.75, 3.05) is 11.5 Å². The standard InChI is InChI=1S/C41H41BrN6O5Si/c1-26-38(54(2,3)52)37(18-19-46-24-35(44-45-46)33(25-49)28-11-5-4-6-12-28)53-41(26)34-21-30(42)16-17-36(34)47(40(41)51)23-27-10-9-14-31(20-27)48-39(50)32-15-8-7-13-29(32)22-43-48/h4-17,20-22,24,26,33,37-38,49,52H,18-19,23,25H2,1-3H3/t26-,33?,37+,38-,41+/m0/s1. The number of halogens is 1. The van der Waals surface area contributed by atoms with Crippen molar-refractivity contribution in [3.05, 3.63) is 147 Å². The van der Waals surface area contributed by atoms with E-state index in [-0.39, 0.29) is 42.0 Å². The molecule has 6 aromatic rings. The van der Waals surface area contributed by atoms with Crippen molar-refractivity contribution in [2.45, 2.75) is 62.7 Å². The number of anilines is 1. The van der Waals surface area contributed by atoms with Crippen LogP contribution < -0.4 is 10.5 Å². The number of rotatable bonds is 10. The van der Waals surface area contributed by atoms with Gasteiger partial charge in [-0.15, -0.1) is 5.10 Å². The number of hydrogen-bond acceptors (Lipinski definition) is 8. The third-order valence-electron chi connectivity index (χ3n) is 11.1. The summed E-state index contributed by atoms with van der Waals surface area (Å²) >= 11 is 3.65. The van der Waals surface area contributed by atoms with Gasteiger partial charge in [-0.05, 0) is 67.0 Å². The zero-order valence-corrected chi connectivity index (χ0v) is 32.8. The molecule has 0 aliphatic carbocycles. The minimum absolute atomic E-state index is 0.0996. The van der Waals surface area contributed by atoms with Crippen LogP contribution in [0.4, 0.5) is 5.69 Å². The number of hydrogen-bond donors (Lipinski definition) is 2. The number of aliphatic hydroxyl groups excluding tert-OH is 1. The number of aliphatic hydroxyl groups is 1. The van der Waals surface area contributed by atoms with Crippen LogP contribution in [-0.2, 0) is 28.2 Å². The average molecular weight is 806 g/mol. The van der Waals surface area contributed by atoms with Gasteiger partial charge in [0.15, 0.2) is 13.9 Å². The van der Waals surface area contributed by atoms with Crippen LogP contribution in [0, 0.1) is 5.92 Å². The molecule has 1 fully saturated rings. The number of ether oxygens (including phenoxy) is 1. The molecule has 4 heterocycles. The van der Waals surface area contributed by atoms with Gasteiger partial charge in [0.1, 0.15) is 0 Å². The third-order valence-corrected chi connectivity index (χ3v) is 14.1.